The molecule has 0 aromatic rings. The molecule has 0 aromatic carbocycles. The van der Waals surface area contributed by atoms with E-state index < -0.39 is 0 Å². The zero-order valence-electron chi connectivity index (χ0n) is 8.15. The molecule has 13 heavy (non-hydrogen) atoms. The molecule has 0 heteroatoms. The second kappa shape index (κ2) is 2.21. The third-order valence-corrected chi connectivity index (χ3v) is 5.51. The Kier molecular flexibility index (Phi) is 1.21. The van der Waals surface area contributed by atoms with Crippen molar-refractivity contribution in [3.05, 3.63) is 12.2 Å². The van der Waals surface area contributed by atoms with Gasteiger partial charge in [0, 0.05) is 0 Å². The lowest BCUT2D eigenvalue weighted by Gasteiger charge is -2.55. The van der Waals surface area contributed by atoms with Crippen molar-refractivity contribution in [3.8, 4) is 0 Å². The molecule has 0 unspecified atom stereocenters. The van der Waals surface area contributed by atoms with Gasteiger partial charge in [0.2, 0.25) is 0 Å². The molecular weight excluding hydrogens is 156 g/mol. The summed E-state index contributed by atoms with van der Waals surface area (Å²) in [6.07, 6.45) is 12.7. The molecule has 0 spiro atoms. The summed E-state index contributed by atoms with van der Waals surface area (Å²) in [6.45, 7) is 0. The van der Waals surface area contributed by atoms with Crippen LogP contribution in [0.15, 0.2) is 12.2 Å². The predicted octanol–water partition coefficient (Wildman–Crippen LogP) is 3.24. The summed E-state index contributed by atoms with van der Waals surface area (Å²) in [4.78, 5) is 0. The fourth-order valence-corrected chi connectivity index (χ4v) is 5.18. The third kappa shape index (κ3) is 0.705. The van der Waals surface area contributed by atoms with E-state index in [4.69, 9.17) is 0 Å². The Labute approximate surface area is 80.4 Å². The molecule has 6 atom stereocenters. The number of rotatable bonds is 0. The fourth-order valence-electron chi connectivity index (χ4n) is 5.18. The summed E-state index contributed by atoms with van der Waals surface area (Å²) >= 11 is 0. The maximum absolute atomic E-state index is 2.57. The molecule has 2 bridgehead atoms. The smallest absolute Gasteiger partial charge is 0.0168 e. The molecule has 0 nitrogen and oxygen atoms in total. The van der Waals surface area contributed by atoms with Crippen LogP contribution in [0.5, 0.6) is 0 Å². The highest BCUT2D eigenvalue weighted by atomic mass is 14.7. The van der Waals surface area contributed by atoms with Gasteiger partial charge in [-0.05, 0) is 67.6 Å². The average molecular weight is 174 g/mol. The first-order chi connectivity index (χ1) is 6.45. The first-order valence-electron chi connectivity index (χ1n) is 6.12. The molecular formula is C13H18. The van der Waals surface area contributed by atoms with Crippen molar-refractivity contribution >= 4 is 0 Å². The van der Waals surface area contributed by atoms with E-state index in [0.717, 1.165) is 23.7 Å². The van der Waals surface area contributed by atoms with Crippen LogP contribution in [0.4, 0.5) is 0 Å². The summed E-state index contributed by atoms with van der Waals surface area (Å²) < 4.78 is 0. The molecule has 0 radical (unpaired) electrons. The fraction of sp³-hybridized carbons (Fsp3) is 0.846. The lowest BCUT2D eigenvalue weighted by molar-refractivity contribution is -0.0417. The Morgan fingerprint density at radius 2 is 1.77 bits per heavy atom. The molecule has 4 aliphatic rings. The molecule has 70 valence electrons. The topological polar surface area (TPSA) is 0 Å². The molecule has 3 saturated carbocycles. The molecule has 0 heterocycles. The van der Waals surface area contributed by atoms with Gasteiger partial charge in [0.05, 0.1) is 0 Å². The third-order valence-electron chi connectivity index (χ3n) is 5.51. The van der Waals surface area contributed by atoms with E-state index in [1.54, 1.807) is 19.3 Å². The van der Waals surface area contributed by atoms with E-state index in [0.29, 0.717) is 0 Å². The van der Waals surface area contributed by atoms with Crippen LogP contribution in [0.3, 0.4) is 0 Å². The summed E-state index contributed by atoms with van der Waals surface area (Å²) in [5, 5.41) is 0. The van der Waals surface area contributed by atoms with Gasteiger partial charge in [-0.25, -0.2) is 0 Å². The zero-order chi connectivity index (χ0) is 8.41. The van der Waals surface area contributed by atoms with Crippen LogP contribution in [0.25, 0.3) is 0 Å². The van der Waals surface area contributed by atoms with Crippen LogP contribution in [0, 0.1) is 35.5 Å². The highest BCUT2D eigenvalue weighted by Gasteiger charge is 2.61. The first kappa shape index (κ1) is 7.09. The molecule has 0 aromatic heterocycles. The van der Waals surface area contributed by atoms with Gasteiger partial charge in [-0.1, -0.05) is 12.2 Å². The Morgan fingerprint density at radius 1 is 0.923 bits per heavy atom. The molecule has 4 rings (SSSR count). The summed E-state index contributed by atoms with van der Waals surface area (Å²) in [5.41, 5.74) is 0. The molecule has 0 amide bonds. The number of fused-ring (bicyclic) bond motifs is 8. The van der Waals surface area contributed by atoms with Gasteiger partial charge < -0.3 is 0 Å². The van der Waals surface area contributed by atoms with E-state index in [1.807, 2.05) is 0 Å². The van der Waals surface area contributed by atoms with Crippen LogP contribution in [0.2, 0.25) is 0 Å². The molecule has 4 aliphatic carbocycles. The minimum absolute atomic E-state index is 1.04. The van der Waals surface area contributed by atoms with Gasteiger partial charge in [0.25, 0.3) is 0 Å². The van der Waals surface area contributed by atoms with Crippen molar-refractivity contribution < 1.29 is 0 Å². The molecule has 0 aliphatic heterocycles. The van der Waals surface area contributed by atoms with Crippen molar-refractivity contribution in [3.63, 3.8) is 0 Å². The van der Waals surface area contributed by atoms with Crippen LogP contribution < -0.4 is 0 Å². The van der Waals surface area contributed by atoms with E-state index in [-0.39, 0.29) is 0 Å². The van der Waals surface area contributed by atoms with Crippen LogP contribution in [-0.4, -0.2) is 0 Å². The second-order valence-corrected chi connectivity index (χ2v) is 5.73. The van der Waals surface area contributed by atoms with Gasteiger partial charge in [0.15, 0.2) is 0 Å². The maximum atomic E-state index is 2.57. The summed E-state index contributed by atoms with van der Waals surface area (Å²) in [7, 11) is 0. The first-order valence-corrected chi connectivity index (χ1v) is 6.12. The summed E-state index contributed by atoms with van der Waals surface area (Å²) in [6, 6.07) is 0. The number of hydrogen-bond acceptors (Lipinski definition) is 0. The van der Waals surface area contributed by atoms with Gasteiger partial charge in [-0.15, -0.1) is 0 Å². The van der Waals surface area contributed by atoms with Crippen LogP contribution >= 0.6 is 0 Å². The van der Waals surface area contributed by atoms with E-state index in [1.165, 1.54) is 24.7 Å². The van der Waals surface area contributed by atoms with Crippen molar-refractivity contribution in [1.29, 1.82) is 0 Å². The highest BCUT2D eigenvalue weighted by Crippen LogP contribution is 2.68. The van der Waals surface area contributed by atoms with Crippen molar-refractivity contribution in [2.24, 2.45) is 35.5 Å². The van der Waals surface area contributed by atoms with E-state index in [2.05, 4.69) is 12.2 Å². The average Bonchev–Trinajstić information content (AvgIpc) is 2.68. The lowest BCUT2D eigenvalue weighted by atomic mass is 9.50. The minimum atomic E-state index is 1.04. The van der Waals surface area contributed by atoms with E-state index in [9.17, 15) is 0 Å². The monoisotopic (exact) mass is 174 g/mol. The molecule has 0 saturated heterocycles. The lowest BCUT2D eigenvalue weighted by Crippen LogP contribution is -2.49. The highest BCUT2D eigenvalue weighted by molar-refractivity contribution is 5.17. The van der Waals surface area contributed by atoms with Crippen molar-refractivity contribution in [1.82, 2.24) is 0 Å². The second-order valence-electron chi connectivity index (χ2n) is 5.73. The predicted molar refractivity (Wildman–Crippen MR) is 53.2 cm³/mol. The van der Waals surface area contributed by atoms with Crippen molar-refractivity contribution in [2.75, 3.05) is 0 Å². The number of allylic oxidation sites excluding steroid dienone is 2. The van der Waals surface area contributed by atoms with Crippen molar-refractivity contribution in [2.45, 2.75) is 32.1 Å². The SMILES string of the molecule is C1=C[C@H]2[C@@H](CC1)[C@@H]1[C@H]3CC[C@H](C3)[C@H]21. The largest absolute Gasteiger partial charge is 0.0882 e. The quantitative estimate of drug-likeness (QED) is 0.494. The Morgan fingerprint density at radius 3 is 2.69 bits per heavy atom. The Balaban J connectivity index is 1.70. The van der Waals surface area contributed by atoms with Gasteiger partial charge >= 0.3 is 0 Å². The normalized spacial score (nSPS) is 61.5. The zero-order valence-corrected chi connectivity index (χ0v) is 8.15. The summed E-state index contributed by atoms with van der Waals surface area (Å²) in [5.74, 6) is 6.83. The van der Waals surface area contributed by atoms with Gasteiger partial charge in [0.1, 0.15) is 0 Å². The molecule has 3 fully saturated rings. The standard InChI is InChI=1S/C13H18/c1-2-4-11-10(3-1)12-8-5-6-9(7-8)13(11)12/h1,3,8-13H,2,4-7H2/t8-,9+,10+,11-,12-,13+/m1/s1. The van der Waals surface area contributed by atoms with E-state index >= 15 is 0 Å². The van der Waals surface area contributed by atoms with Gasteiger partial charge in [-0.3, -0.25) is 0 Å². The molecule has 0 N–H and O–H groups in total. The maximum Gasteiger partial charge on any atom is -0.0168 e. The Bertz CT molecular complexity index is 265. The minimum Gasteiger partial charge on any atom is -0.0882 e. The Hall–Kier alpha value is -0.260. The van der Waals surface area contributed by atoms with Gasteiger partial charge in [-0.2, -0.15) is 0 Å². The number of hydrogen-bond donors (Lipinski definition) is 0. The van der Waals surface area contributed by atoms with Crippen LogP contribution in [-0.2, 0) is 0 Å². The van der Waals surface area contributed by atoms with Crippen LogP contribution in [0.1, 0.15) is 32.1 Å².